The Bertz CT molecular complexity index is 676. The van der Waals surface area contributed by atoms with Crippen molar-refractivity contribution in [2.24, 2.45) is 0 Å². The molecule has 0 aromatic heterocycles. The molecular weight excluding hydrogens is 483 g/mol. The maximum absolute atomic E-state index is 6.03. The fourth-order valence-corrected chi connectivity index (χ4v) is 4.82. The van der Waals surface area contributed by atoms with Crippen LogP contribution >= 0.6 is 0 Å². The van der Waals surface area contributed by atoms with Gasteiger partial charge in [-0.15, -0.1) is 0 Å². The van der Waals surface area contributed by atoms with Crippen molar-refractivity contribution in [3.05, 3.63) is 59.7 Å². The standard InChI is InChI=1S/2C15H24O.Co.2H2O/c2*1-2-3-4-5-6-7-8-11-14-12-9-10-13-15(14)16;;;/h2*9-10,12-13,16H,2-8,11H2,1H3;;2*1H2/q;;+2;;/p-2. The molecule has 0 saturated heterocycles. The molecule has 0 radical (unpaired) electrons. The third-order valence-electron chi connectivity index (χ3n) is 6.25. The summed E-state index contributed by atoms with van der Waals surface area (Å²) in [6, 6.07) is 16.8. The number of unbranched alkanes of at least 4 members (excludes halogenated alkanes) is 12. The fraction of sp³-hybridized carbons (Fsp3) is 0.600. The molecule has 0 spiro atoms. The van der Waals surface area contributed by atoms with E-state index in [-0.39, 0.29) is 11.0 Å². The molecule has 2 aromatic rings. The third kappa shape index (κ3) is 15.2. The summed E-state index contributed by atoms with van der Waals surface area (Å²) in [5, 5.41) is 0. The van der Waals surface area contributed by atoms with Gasteiger partial charge in [-0.2, -0.15) is 0 Å². The second-order valence-electron chi connectivity index (χ2n) is 9.15. The second-order valence-corrected chi connectivity index (χ2v) is 9.75. The minimum Gasteiger partial charge on any atom is -0.412 e. The molecule has 0 heterocycles. The molecule has 0 bridgehead atoms. The molecule has 0 saturated carbocycles. The SMILES string of the molecule is CCCCCCCCCc1ccccc1[O][Co][O]c1ccccc1CCCCCCCCC.O.O. The minimum atomic E-state index is 0. The first-order valence-electron chi connectivity index (χ1n) is 13.5. The molecule has 0 aliphatic rings. The van der Waals surface area contributed by atoms with Crippen molar-refractivity contribution in [2.75, 3.05) is 0 Å². The molecule has 0 aliphatic heterocycles. The molecule has 0 atom stereocenters. The van der Waals surface area contributed by atoms with Crippen LogP contribution in [0.4, 0.5) is 0 Å². The van der Waals surface area contributed by atoms with Crippen molar-refractivity contribution in [2.45, 2.75) is 117 Å². The van der Waals surface area contributed by atoms with E-state index in [1.807, 2.05) is 12.1 Å². The van der Waals surface area contributed by atoms with Crippen LogP contribution in [0.25, 0.3) is 0 Å². The van der Waals surface area contributed by atoms with Crippen molar-refractivity contribution in [1.29, 1.82) is 0 Å². The van der Waals surface area contributed by atoms with E-state index in [1.165, 1.54) is 101 Å². The Kier molecular flexibility index (Phi) is 21.9. The van der Waals surface area contributed by atoms with Gasteiger partial charge < -0.3 is 11.0 Å². The van der Waals surface area contributed by atoms with Gasteiger partial charge >= 0.3 is 211 Å². The van der Waals surface area contributed by atoms with Crippen LogP contribution in [0.15, 0.2) is 48.5 Å². The van der Waals surface area contributed by atoms with Crippen molar-refractivity contribution >= 4 is 0 Å². The van der Waals surface area contributed by atoms with E-state index >= 15 is 0 Å². The van der Waals surface area contributed by atoms with E-state index in [0.717, 1.165) is 24.3 Å². The van der Waals surface area contributed by atoms with E-state index in [0.29, 0.717) is 15.3 Å². The van der Waals surface area contributed by atoms with E-state index in [2.05, 4.69) is 50.2 Å². The summed E-state index contributed by atoms with van der Waals surface area (Å²) in [5.74, 6) is 1.90. The van der Waals surface area contributed by atoms with Crippen LogP contribution in [0.5, 0.6) is 11.5 Å². The van der Waals surface area contributed by atoms with E-state index in [4.69, 9.17) is 7.70 Å². The molecule has 4 nitrogen and oxygen atoms in total. The van der Waals surface area contributed by atoms with Crippen LogP contribution in [0.1, 0.15) is 115 Å². The van der Waals surface area contributed by atoms with E-state index in [9.17, 15) is 0 Å². The molecule has 0 unspecified atom stereocenters. The van der Waals surface area contributed by atoms with Gasteiger partial charge in [0.2, 0.25) is 0 Å². The van der Waals surface area contributed by atoms with Crippen LogP contribution < -0.4 is 7.70 Å². The Morgan fingerprint density at radius 2 is 0.829 bits per heavy atom. The summed E-state index contributed by atoms with van der Waals surface area (Å²) in [4.78, 5) is 0. The summed E-state index contributed by atoms with van der Waals surface area (Å²) in [7, 11) is 0. The topological polar surface area (TPSA) is 81.5 Å². The molecule has 4 N–H and O–H groups in total. The Hall–Kier alpha value is -1.53. The van der Waals surface area contributed by atoms with Gasteiger partial charge in [0.1, 0.15) is 0 Å². The molecule has 0 aliphatic carbocycles. The average Bonchev–Trinajstić information content (AvgIpc) is 2.84. The van der Waals surface area contributed by atoms with Gasteiger partial charge in [0, 0.05) is 0 Å². The summed E-state index contributed by atoms with van der Waals surface area (Å²) < 4.78 is 12.1. The van der Waals surface area contributed by atoms with Gasteiger partial charge in [-0.3, -0.25) is 0 Å². The minimum absolute atomic E-state index is 0. The summed E-state index contributed by atoms with van der Waals surface area (Å²) in [5.41, 5.74) is 2.58. The first-order chi connectivity index (χ1) is 16.3. The first-order valence-corrected chi connectivity index (χ1v) is 14.3. The molecule has 35 heavy (non-hydrogen) atoms. The smallest absolute Gasteiger partial charge is 0.412 e. The second kappa shape index (κ2) is 22.9. The number of hydrogen-bond acceptors (Lipinski definition) is 2. The number of aryl methyl sites for hydroxylation is 2. The maximum atomic E-state index is 6.03. The van der Waals surface area contributed by atoms with E-state index < -0.39 is 0 Å². The van der Waals surface area contributed by atoms with Crippen LogP contribution in [0, 0.1) is 0 Å². The number of para-hydroxylation sites is 2. The van der Waals surface area contributed by atoms with Gasteiger partial charge in [0.15, 0.2) is 0 Å². The normalized spacial score (nSPS) is 10.5. The molecule has 2 rings (SSSR count). The predicted octanol–water partition coefficient (Wildman–Crippen LogP) is 7.99. The van der Waals surface area contributed by atoms with Crippen molar-refractivity contribution in [3.8, 4) is 11.5 Å². The van der Waals surface area contributed by atoms with Crippen molar-refractivity contribution in [3.63, 3.8) is 0 Å². The molecular formula is C30H50CoO4. The molecule has 0 amide bonds. The van der Waals surface area contributed by atoms with Crippen molar-refractivity contribution < 1.29 is 34.0 Å². The average molecular weight is 534 g/mol. The van der Waals surface area contributed by atoms with Crippen LogP contribution in [0.3, 0.4) is 0 Å². The zero-order valence-corrected chi connectivity index (χ0v) is 23.1. The fourth-order valence-electron chi connectivity index (χ4n) is 4.17. The number of benzene rings is 2. The number of hydrogen-bond donors (Lipinski definition) is 0. The Morgan fingerprint density at radius 1 is 0.486 bits per heavy atom. The quantitative estimate of drug-likeness (QED) is 0.162. The predicted molar refractivity (Wildman–Crippen MR) is 145 cm³/mol. The van der Waals surface area contributed by atoms with Crippen LogP contribution in [-0.4, -0.2) is 11.0 Å². The molecule has 5 heteroatoms. The van der Waals surface area contributed by atoms with Gasteiger partial charge in [0.05, 0.1) is 0 Å². The van der Waals surface area contributed by atoms with Crippen molar-refractivity contribution in [1.82, 2.24) is 0 Å². The van der Waals surface area contributed by atoms with Gasteiger partial charge in [0.25, 0.3) is 0 Å². The Morgan fingerprint density at radius 3 is 1.23 bits per heavy atom. The van der Waals surface area contributed by atoms with Gasteiger partial charge in [-0.25, -0.2) is 0 Å². The Balaban J connectivity index is 0.00000578. The summed E-state index contributed by atoms with van der Waals surface area (Å²) in [6.45, 7) is 4.55. The summed E-state index contributed by atoms with van der Waals surface area (Å²) in [6.07, 6.45) is 20.8. The van der Waals surface area contributed by atoms with Gasteiger partial charge in [-0.05, 0) is 0 Å². The van der Waals surface area contributed by atoms with Crippen LogP contribution in [-0.2, 0) is 28.2 Å². The Labute approximate surface area is 221 Å². The molecule has 203 valence electrons. The van der Waals surface area contributed by atoms with Crippen LogP contribution in [0.2, 0.25) is 0 Å². The number of rotatable bonds is 20. The zero-order valence-electron chi connectivity index (χ0n) is 22.1. The molecule has 2 aromatic carbocycles. The zero-order chi connectivity index (χ0) is 23.4. The van der Waals surface area contributed by atoms with E-state index in [1.54, 1.807) is 0 Å². The summed E-state index contributed by atoms with van der Waals surface area (Å²) >= 11 is 0.576. The molecule has 0 fully saturated rings. The third-order valence-corrected chi connectivity index (χ3v) is 6.88. The van der Waals surface area contributed by atoms with Gasteiger partial charge in [-0.1, -0.05) is 0 Å². The first kappa shape index (κ1) is 33.5. The monoisotopic (exact) mass is 533 g/mol.